The zero-order valence-corrected chi connectivity index (χ0v) is 14.6. The number of hydrogen-bond acceptors (Lipinski definition) is 5. The SMILES string of the molecule is Cc1cc(C)cc(C(=O)OCOC(=O)N(CC(=O)O)C(C)(C)C)c1. The molecule has 0 atom stereocenters. The summed E-state index contributed by atoms with van der Waals surface area (Å²) in [6.45, 7) is 7.66. The number of esters is 1. The Bertz CT molecular complexity index is 612. The van der Waals surface area contributed by atoms with Crippen LogP contribution in [0.15, 0.2) is 18.2 Å². The maximum Gasteiger partial charge on any atom is 0.413 e. The van der Waals surface area contributed by atoms with Crippen LogP contribution in [0.25, 0.3) is 0 Å². The number of nitrogens with zero attached hydrogens (tertiary/aromatic N) is 1. The van der Waals surface area contributed by atoms with Crippen LogP contribution in [0.2, 0.25) is 0 Å². The van der Waals surface area contributed by atoms with Gasteiger partial charge in [-0.2, -0.15) is 0 Å². The molecule has 7 nitrogen and oxygen atoms in total. The van der Waals surface area contributed by atoms with E-state index < -0.39 is 36.9 Å². The smallest absolute Gasteiger partial charge is 0.413 e. The first-order valence-electron chi connectivity index (χ1n) is 7.42. The number of carbonyl (C=O) groups excluding carboxylic acids is 2. The van der Waals surface area contributed by atoms with Gasteiger partial charge in [-0.25, -0.2) is 9.59 Å². The molecule has 132 valence electrons. The van der Waals surface area contributed by atoms with Crippen LogP contribution in [0.3, 0.4) is 0 Å². The van der Waals surface area contributed by atoms with Gasteiger partial charge in [0.1, 0.15) is 6.54 Å². The number of carboxylic acids is 1. The van der Waals surface area contributed by atoms with E-state index in [0.717, 1.165) is 16.0 Å². The minimum Gasteiger partial charge on any atom is -0.480 e. The van der Waals surface area contributed by atoms with E-state index in [9.17, 15) is 14.4 Å². The van der Waals surface area contributed by atoms with Gasteiger partial charge < -0.3 is 14.6 Å². The summed E-state index contributed by atoms with van der Waals surface area (Å²) in [5, 5.41) is 8.88. The molecule has 1 N–H and O–H groups in total. The molecular formula is C17H23NO6. The van der Waals surface area contributed by atoms with Gasteiger partial charge in [0.25, 0.3) is 0 Å². The van der Waals surface area contributed by atoms with E-state index in [0.29, 0.717) is 5.56 Å². The van der Waals surface area contributed by atoms with Crippen molar-refractivity contribution in [3.05, 3.63) is 34.9 Å². The Morgan fingerprint density at radius 3 is 2.04 bits per heavy atom. The fraction of sp³-hybridized carbons (Fsp3) is 0.471. The van der Waals surface area contributed by atoms with Crippen LogP contribution < -0.4 is 0 Å². The second kappa shape index (κ2) is 7.81. The summed E-state index contributed by atoms with van der Waals surface area (Å²) in [5.74, 6) is -1.77. The lowest BCUT2D eigenvalue weighted by Crippen LogP contribution is -2.48. The van der Waals surface area contributed by atoms with Crippen LogP contribution in [-0.4, -0.2) is 46.9 Å². The zero-order valence-electron chi connectivity index (χ0n) is 14.6. The molecule has 24 heavy (non-hydrogen) atoms. The fourth-order valence-corrected chi connectivity index (χ4v) is 2.10. The van der Waals surface area contributed by atoms with Gasteiger partial charge in [0.15, 0.2) is 0 Å². The molecule has 0 saturated carbocycles. The largest absolute Gasteiger partial charge is 0.480 e. The number of aliphatic carboxylic acids is 1. The number of carbonyl (C=O) groups is 3. The summed E-state index contributed by atoms with van der Waals surface area (Å²) in [6, 6.07) is 5.26. The van der Waals surface area contributed by atoms with Crippen LogP contribution in [0, 0.1) is 13.8 Å². The van der Waals surface area contributed by atoms with E-state index in [1.807, 2.05) is 19.9 Å². The molecule has 1 rings (SSSR count). The molecule has 0 bridgehead atoms. The Morgan fingerprint density at radius 2 is 1.58 bits per heavy atom. The van der Waals surface area contributed by atoms with Crippen molar-refractivity contribution in [2.45, 2.75) is 40.2 Å². The molecule has 0 aliphatic carbocycles. The van der Waals surface area contributed by atoms with Gasteiger partial charge in [-0.1, -0.05) is 17.2 Å². The molecule has 0 spiro atoms. The lowest BCUT2D eigenvalue weighted by atomic mass is 10.1. The van der Waals surface area contributed by atoms with Gasteiger partial charge in [0.2, 0.25) is 6.79 Å². The number of aryl methyl sites for hydroxylation is 2. The molecule has 0 saturated heterocycles. The Hall–Kier alpha value is -2.57. The van der Waals surface area contributed by atoms with Crippen LogP contribution in [0.5, 0.6) is 0 Å². The van der Waals surface area contributed by atoms with Crippen molar-refractivity contribution in [3.8, 4) is 0 Å². The van der Waals surface area contributed by atoms with E-state index >= 15 is 0 Å². The number of rotatable bonds is 5. The third-order valence-electron chi connectivity index (χ3n) is 3.15. The van der Waals surface area contributed by atoms with Crippen molar-refractivity contribution >= 4 is 18.0 Å². The first-order valence-corrected chi connectivity index (χ1v) is 7.42. The Morgan fingerprint density at radius 1 is 1.04 bits per heavy atom. The molecule has 1 aromatic rings. The lowest BCUT2D eigenvalue weighted by molar-refractivity contribution is -0.139. The first kappa shape index (κ1) is 19.5. The van der Waals surface area contributed by atoms with Crippen molar-refractivity contribution in [1.82, 2.24) is 4.90 Å². The highest BCUT2D eigenvalue weighted by atomic mass is 16.7. The van der Waals surface area contributed by atoms with Crippen LogP contribution in [0.4, 0.5) is 4.79 Å². The van der Waals surface area contributed by atoms with Crippen molar-refractivity contribution in [3.63, 3.8) is 0 Å². The maximum atomic E-state index is 12.0. The Kier molecular flexibility index (Phi) is 6.34. The van der Waals surface area contributed by atoms with Gasteiger partial charge >= 0.3 is 18.0 Å². The summed E-state index contributed by atoms with van der Waals surface area (Å²) in [4.78, 5) is 35.9. The third kappa shape index (κ3) is 5.91. The van der Waals surface area contributed by atoms with Crippen molar-refractivity contribution in [2.24, 2.45) is 0 Å². The van der Waals surface area contributed by atoms with E-state index in [1.165, 1.54) is 0 Å². The first-order chi connectivity index (χ1) is 11.0. The van der Waals surface area contributed by atoms with Crippen molar-refractivity contribution in [1.29, 1.82) is 0 Å². The lowest BCUT2D eigenvalue weighted by Gasteiger charge is -2.33. The predicted octanol–water partition coefficient (Wildman–Crippen LogP) is 2.74. The Balaban J connectivity index is 2.63. The summed E-state index contributed by atoms with van der Waals surface area (Å²) < 4.78 is 9.79. The number of ether oxygens (including phenoxy) is 2. The maximum absolute atomic E-state index is 12.0. The highest BCUT2D eigenvalue weighted by molar-refractivity contribution is 5.89. The zero-order chi connectivity index (χ0) is 18.5. The second-order valence-electron chi connectivity index (χ2n) is 6.49. The molecule has 0 heterocycles. The normalized spacial score (nSPS) is 10.9. The van der Waals surface area contributed by atoms with E-state index in [-0.39, 0.29) is 0 Å². The number of carboxylic acid groups (broad SMARTS) is 1. The molecule has 0 aliphatic rings. The van der Waals surface area contributed by atoms with E-state index in [4.69, 9.17) is 14.6 Å². The average Bonchev–Trinajstić information content (AvgIpc) is 2.42. The van der Waals surface area contributed by atoms with Crippen molar-refractivity contribution < 1.29 is 29.0 Å². The number of amides is 1. The number of benzene rings is 1. The van der Waals surface area contributed by atoms with Crippen molar-refractivity contribution in [2.75, 3.05) is 13.3 Å². The molecule has 0 unspecified atom stereocenters. The highest BCUT2D eigenvalue weighted by Crippen LogP contribution is 2.15. The monoisotopic (exact) mass is 337 g/mol. The second-order valence-corrected chi connectivity index (χ2v) is 6.49. The molecule has 0 fully saturated rings. The number of hydrogen-bond donors (Lipinski definition) is 1. The highest BCUT2D eigenvalue weighted by Gasteiger charge is 2.30. The average molecular weight is 337 g/mol. The summed E-state index contributed by atoms with van der Waals surface area (Å²) in [6.07, 6.45) is -0.863. The molecule has 1 amide bonds. The summed E-state index contributed by atoms with van der Waals surface area (Å²) >= 11 is 0. The minimum atomic E-state index is -1.16. The van der Waals surface area contributed by atoms with Gasteiger partial charge in [0, 0.05) is 5.54 Å². The topological polar surface area (TPSA) is 93.1 Å². The van der Waals surface area contributed by atoms with E-state index in [2.05, 4.69) is 0 Å². The van der Waals surface area contributed by atoms with Gasteiger partial charge in [-0.15, -0.1) is 0 Å². The fourth-order valence-electron chi connectivity index (χ4n) is 2.10. The standard InChI is InChI=1S/C17H23NO6/c1-11-6-12(2)8-13(7-11)15(21)23-10-24-16(22)18(9-14(19)20)17(3,4)5/h6-8H,9-10H2,1-5H3,(H,19,20). The molecule has 0 radical (unpaired) electrons. The van der Waals surface area contributed by atoms with Gasteiger partial charge in [-0.05, 0) is 46.8 Å². The summed E-state index contributed by atoms with van der Waals surface area (Å²) in [5.41, 5.74) is 1.45. The van der Waals surface area contributed by atoms with Crippen LogP contribution >= 0.6 is 0 Å². The van der Waals surface area contributed by atoms with E-state index in [1.54, 1.807) is 32.9 Å². The molecule has 1 aromatic carbocycles. The molecule has 0 aliphatic heterocycles. The summed E-state index contributed by atoms with van der Waals surface area (Å²) in [7, 11) is 0. The quantitative estimate of drug-likeness (QED) is 0.656. The third-order valence-corrected chi connectivity index (χ3v) is 3.15. The molecular weight excluding hydrogens is 314 g/mol. The predicted molar refractivity (Wildman–Crippen MR) is 86.8 cm³/mol. The molecule has 0 aromatic heterocycles. The van der Waals surface area contributed by atoms with Crippen LogP contribution in [-0.2, 0) is 14.3 Å². The van der Waals surface area contributed by atoms with Crippen LogP contribution in [0.1, 0.15) is 42.3 Å². The minimum absolute atomic E-state index is 0.363. The molecule has 7 heteroatoms. The van der Waals surface area contributed by atoms with Gasteiger partial charge in [0.05, 0.1) is 5.56 Å². The Labute approximate surface area is 141 Å². The van der Waals surface area contributed by atoms with Gasteiger partial charge in [-0.3, -0.25) is 9.69 Å².